The van der Waals surface area contributed by atoms with E-state index in [1.54, 1.807) is 0 Å². The summed E-state index contributed by atoms with van der Waals surface area (Å²) < 4.78 is 5.66. The molecule has 1 atom stereocenters. The van der Waals surface area contributed by atoms with Crippen molar-refractivity contribution in [1.29, 1.82) is 0 Å². The molecule has 0 fully saturated rings. The van der Waals surface area contributed by atoms with Crippen LogP contribution in [0.25, 0.3) is 0 Å². The molecular formula is C17H16ClNO2. The molecule has 2 aromatic rings. The Hall–Kier alpha value is -2.00. The first kappa shape index (κ1) is 14.0. The lowest BCUT2D eigenvalue weighted by Gasteiger charge is -2.11. The second kappa shape index (κ2) is 6.19. The zero-order valence-electron chi connectivity index (χ0n) is 11.5. The summed E-state index contributed by atoms with van der Waals surface area (Å²) in [4.78, 5) is 12.1. The van der Waals surface area contributed by atoms with Gasteiger partial charge in [-0.1, -0.05) is 41.9 Å². The van der Waals surface area contributed by atoms with Crippen molar-refractivity contribution in [2.75, 3.05) is 6.54 Å². The lowest BCUT2D eigenvalue weighted by Crippen LogP contribution is -2.38. The average molecular weight is 302 g/mol. The van der Waals surface area contributed by atoms with Gasteiger partial charge in [0.25, 0.3) is 5.91 Å². The zero-order chi connectivity index (χ0) is 14.7. The molecule has 0 saturated heterocycles. The minimum absolute atomic E-state index is 0.0554. The van der Waals surface area contributed by atoms with Crippen molar-refractivity contribution in [2.45, 2.75) is 18.9 Å². The van der Waals surface area contributed by atoms with Crippen LogP contribution in [-0.2, 0) is 17.6 Å². The predicted octanol–water partition coefficient (Wildman–Crippen LogP) is 3.00. The van der Waals surface area contributed by atoms with Crippen LogP contribution in [0.3, 0.4) is 0 Å². The number of hydrogen-bond acceptors (Lipinski definition) is 2. The Kier molecular flexibility index (Phi) is 4.11. The van der Waals surface area contributed by atoms with E-state index in [0.717, 1.165) is 28.3 Å². The van der Waals surface area contributed by atoms with Crippen molar-refractivity contribution in [3.63, 3.8) is 0 Å². The third kappa shape index (κ3) is 3.37. The van der Waals surface area contributed by atoms with E-state index in [2.05, 4.69) is 5.32 Å². The summed E-state index contributed by atoms with van der Waals surface area (Å²) in [5, 5.41) is 3.65. The fourth-order valence-electron chi connectivity index (χ4n) is 2.42. The van der Waals surface area contributed by atoms with Gasteiger partial charge in [0.2, 0.25) is 0 Å². The molecule has 1 amide bonds. The van der Waals surface area contributed by atoms with E-state index < -0.39 is 6.10 Å². The SMILES string of the molecule is O=C(NCCc1ccc(Cl)cc1)[C@@H]1Cc2ccccc2O1. The molecule has 0 aromatic heterocycles. The first-order valence-corrected chi connectivity index (χ1v) is 7.37. The molecule has 0 spiro atoms. The molecule has 3 rings (SSSR count). The van der Waals surface area contributed by atoms with E-state index in [9.17, 15) is 4.79 Å². The number of hydrogen-bond donors (Lipinski definition) is 1. The molecule has 21 heavy (non-hydrogen) atoms. The van der Waals surface area contributed by atoms with E-state index >= 15 is 0 Å². The van der Waals surface area contributed by atoms with Crippen LogP contribution in [-0.4, -0.2) is 18.6 Å². The molecule has 1 N–H and O–H groups in total. The summed E-state index contributed by atoms with van der Waals surface area (Å²) in [5.74, 6) is 0.760. The molecule has 2 aromatic carbocycles. The van der Waals surface area contributed by atoms with Gasteiger partial charge in [-0.3, -0.25) is 4.79 Å². The highest BCUT2D eigenvalue weighted by molar-refractivity contribution is 6.30. The molecular weight excluding hydrogens is 286 g/mol. The van der Waals surface area contributed by atoms with E-state index in [1.807, 2.05) is 48.5 Å². The topological polar surface area (TPSA) is 38.3 Å². The first-order chi connectivity index (χ1) is 10.2. The van der Waals surface area contributed by atoms with Crippen LogP contribution in [0.2, 0.25) is 5.02 Å². The Morgan fingerprint density at radius 1 is 1.19 bits per heavy atom. The molecule has 3 nitrogen and oxygen atoms in total. The number of rotatable bonds is 4. The van der Waals surface area contributed by atoms with Gasteiger partial charge < -0.3 is 10.1 Å². The lowest BCUT2D eigenvalue weighted by atomic mass is 10.1. The number of ether oxygens (including phenoxy) is 1. The molecule has 0 aliphatic carbocycles. The number of nitrogens with one attached hydrogen (secondary N) is 1. The number of fused-ring (bicyclic) bond motifs is 1. The molecule has 108 valence electrons. The van der Waals surface area contributed by atoms with Crippen LogP contribution < -0.4 is 10.1 Å². The molecule has 0 radical (unpaired) electrons. The van der Waals surface area contributed by atoms with Gasteiger partial charge in [-0.25, -0.2) is 0 Å². The quantitative estimate of drug-likeness (QED) is 0.943. The van der Waals surface area contributed by atoms with E-state index in [1.165, 1.54) is 0 Å². The third-order valence-electron chi connectivity index (χ3n) is 3.57. The summed E-state index contributed by atoms with van der Waals surface area (Å²) in [6.07, 6.45) is 1.01. The first-order valence-electron chi connectivity index (χ1n) is 6.99. The van der Waals surface area contributed by atoms with Crippen molar-refractivity contribution < 1.29 is 9.53 Å². The van der Waals surface area contributed by atoms with Gasteiger partial charge in [0.05, 0.1) is 0 Å². The van der Waals surface area contributed by atoms with Crippen molar-refractivity contribution in [3.8, 4) is 5.75 Å². The number of carbonyl (C=O) groups is 1. The molecule has 1 aliphatic rings. The van der Waals surface area contributed by atoms with Crippen LogP contribution >= 0.6 is 11.6 Å². The highest BCUT2D eigenvalue weighted by atomic mass is 35.5. The van der Waals surface area contributed by atoms with Crippen molar-refractivity contribution >= 4 is 17.5 Å². The van der Waals surface area contributed by atoms with E-state index in [0.29, 0.717) is 13.0 Å². The summed E-state index contributed by atoms with van der Waals surface area (Å²) in [6, 6.07) is 15.4. The van der Waals surface area contributed by atoms with Gasteiger partial charge in [0, 0.05) is 18.0 Å². The molecule has 0 saturated carbocycles. The maximum absolute atomic E-state index is 12.1. The second-order valence-electron chi connectivity index (χ2n) is 5.09. The Morgan fingerprint density at radius 3 is 2.71 bits per heavy atom. The van der Waals surface area contributed by atoms with Gasteiger partial charge in [0.15, 0.2) is 6.10 Å². The van der Waals surface area contributed by atoms with Crippen LogP contribution in [0.15, 0.2) is 48.5 Å². The standard InChI is InChI=1S/C17H16ClNO2/c18-14-7-5-12(6-8-14)9-10-19-17(20)16-11-13-3-1-2-4-15(13)21-16/h1-8,16H,9-11H2,(H,19,20)/t16-/m0/s1. The molecule has 1 heterocycles. The highest BCUT2D eigenvalue weighted by Crippen LogP contribution is 2.28. The van der Waals surface area contributed by atoms with Crippen LogP contribution in [0.4, 0.5) is 0 Å². The van der Waals surface area contributed by atoms with Gasteiger partial charge in [-0.05, 0) is 35.7 Å². The molecule has 4 heteroatoms. The van der Waals surface area contributed by atoms with E-state index in [4.69, 9.17) is 16.3 Å². The van der Waals surface area contributed by atoms with Gasteiger partial charge >= 0.3 is 0 Å². The number of carbonyl (C=O) groups excluding carboxylic acids is 1. The number of amides is 1. The average Bonchev–Trinajstić information content (AvgIpc) is 2.93. The summed E-state index contributed by atoms with van der Waals surface area (Å²) in [5.41, 5.74) is 2.24. The number of halogens is 1. The minimum Gasteiger partial charge on any atom is -0.480 e. The van der Waals surface area contributed by atoms with Gasteiger partial charge in [-0.15, -0.1) is 0 Å². The zero-order valence-corrected chi connectivity index (χ0v) is 12.3. The highest BCUT2D eigenvalue weighted by Gasteiger charge is 2.28. The number of para-hydroxylation sites is 1. The fourth-order valence-corrected chi connectivity index (χ4v) is 2.55. The van der Waals surface area contributed by atoms with Crippen molar-refractivity contribution in [2.24, 2.45) is 0 Å². The van der Waals surface area contributed by atoms with Gasteiger partial charge in [0.1, 0.15) is 5.75 Å². The fraction of sp³-hybridized carbons (Fsp3) is 0.235. The van der Waals surface area contributed by atoms with E-state index in [-0.39, 0.29) is 5.91 Å². The summed E-state index contributed by atoms with van der Waals surface area (Å²) in [7, 11) is 0. The summed E-state index contributed by atoms with van der Waals surface area (Å²) in [6.45, 7) is 0.594. The predicted molar refractivity (Wildman–Crippen MR) is 82.7 cm³/mol. The Labute approximate surface area is 128 Å². The molecule has 0 unspecified atom stereocenters. The maximum atomic E-state index is 12.1. The lowest BCUT2D eigenvalue weighted by molar-refractivity contribution is -0.127. The normalized spacial score (nSPS) is 16.1. The monoisotopic (exact) mass is 301 g/mol. The maximum Gasteiger partial charge on any atom is 0.261 e. The smallest absolute Gasteiger partial charge is 0.261 e. The molecule has 1 aliphatic heterocycles. The molecule has 0 bridgehead atoms. The van der Waals surface area contributed by atoms with Gasteiger partial charge in [-0.2, -0.15) is 0 Å². The van der Waals surface area contributed by atoms with Crippen LogP contribution in [0, 0.1) is 0 Å². The van der Waals surface area contributed by atoms with Crippen molar-refractivity contribution in [1.82, 2.24) is 5.32 Å². The Bertz CT molecular complexity index is 614. The third-order valence-corrected chi connectivity index (χ3v) is 3.82. The Balaban J connectivity index is 1.48. The summed E-state index contributed by atoms with van der Waals surface area (Å²) >= 11 is 5.84. The second-order valence-corrected chi connectivity index (χ2v) is 5.52. The largest absolute Gasteiger partial charge is 0.480 e. The number of benzene rings is 2. The van der Waals surface area contributed by atoms with Crippen LogP contribution in [0.5, 0.6) is 5.75 Å². The van der Waals surface area contributed by atoms with Crippen molar-refractivity contribution in [3.05, 3.63) is 64.7 Å². The minimum atomic E-state index is -0.410. The van der Waals surface area contributed by atoms with Crippen LogP contribution in [0.1, 0.15) is 11.1 Å². The Morgan fingerprint density at radius 2 is 1.95 bits per heavy atom.